The molecule has 120 valence electrons. The number of benzene rings is 1. The maximum Gasteiger partial charge on any atom is 0.256 e. The Kier molecular flexibility index (Phi) is 3.91. The van der Waals surface area contributed by atoms with Crippen molar-refractivity contribution in [2.45, 2.75) is 5.03 Å². The predicted molar refractivity (Wildman–Crippen MR) is 84.6 cm³/mol. The third kappa shape index (κ3) is 2.85. The fraction of sp³-hybridized carbons (Fsp3) is 0. The monoisotopic (exact) mass is 421 g/mol. The molecule has 0 spiro atoms. The fourth-order valence-electron chi connectivity index (χ4n) is 2.15. The molecule has 2 aromatic heterocycles. The Morgan fingerprint density at radius 1 is 1.22 bits per heavy atom. The van der Waals surface area contributed by atoms with Crippen LogP contribution in [0.1, 0.15) is 0 Å². The van der Waals surface area contributed by atoms with Crippen molar-refractivity contribution in [3.05, 3.63) is 51.6 Å². The van der Waals surface area contributed by atoms with Gasteiger partial charge in [0.15, 0.2) is 5.03 Å². The number of pyridine rings is 1. The highest BCUT2D eigenvalue weighted by Crippen LogP contribution is 2.32. The van der Waals surface area contributed by atoms with E-state index in [2.05, 4.69) is 20.9 Å². The lowest BCUT2D eigenvalue weighted by Gasteiger charge is -2.05. The average Bonchev–Trinajstić information content (AvgIpc) is 2.80. The van der Waals surface area contributed by atoms with Crippen molar-refractivity contribution in [2.75, 3.05) is 0 Å². The molecular weight excluding hydrogens is 416 g/mol. The van der Waals surface area contributed by atoms with Gasteiger partial charge in [-0.25, -0.2) is 27.3 Å². The largest absolute Gasteiger partial charge is 0.289 e. The van der Waals surface area contributed by atoms with E-state index in [1.807, 2.05) is 0 Å². The SMILES string of the molecule is NS(=O)(=O)c1c(-c2cc(F)c(Br)cc2F)nc2cc(Cl)ccn12. The lowest BCUT2D eigenvalue weighted by Crippen LogP contribution is -2.16. The second-order valence-electron chi connectivity index (χ2n) is 4.63. The molecule has 3 rings (SSSR count). The number of hydrogen-bond acceptors (Lipinski definition) is 3. The second-order valence-corrected chi connectivity index (χ2v) is 7.40. The highest BCUT2D eigenvalue weighted by Gasteiger charge is 2.25. The first-order chi connectivity index (χ1) is 10.7. The number of primary sulfonamides is 1. The average molecular weight is 423 g/mol. The maximum atomic E-state index is 14.2. The molecule has 23 heavy (non-hydrogen) atoms. The molecule has 0 aliphatic heterocycles. The summed E-state index contributed by atoms with van der Waals surface area (Å²) in [4.78, 5) is 4.04. The van der Waals surface area contributed by atoms with Gasteiger partial charge in [-0.1, -0.05) is 11.6 Å². The molecule has 0 fully saturated rings. The lowest BCUT2D eigenvalue weighted by atomic mass is 10.1. The molecule has 3 aromatic rings. The summed E-state index contributed by atoms with van der Waals surface area (Å²) in [5, 5.41) is 5.06. The normalized spacial score (nSPS) is 12.0. The third-order valence-electron chi connectivity index (χ3n) is 3.08. The number of rotatable bonds is 2. The van der Waals surface area contributed by atoms with Crippen LogP contribution < -0.4 is 5.14 Å². The molecular formula is C13H7BrClF2N3O2S. The van der Waals surface area contributed by atoms with Gasteiger partial charge in [0.2, 0.25) is 0 Å². The van der Waals surface area contributed by atoms with E-state index in [1.54, 1.807) is 0 Å². The number of nitrogens with zero attached hydrogens (tertiary/aromatic N) is 2. The van der Waals surface area contributed by atoms with Gasteiger partial charge in [-0.2, -0.15) is 0 Å². The Morgan fingerprint density at radius 2 is 1.91 bits per heavy atom. The maximum absolute atomic E-state index is 14.2. The highest BCUT2D eigenvalue weighted by atomic mass is 79.9. The summed E-state index contributed by atoms with van der Waals surface area (Å²) < 4.78 is 52.8. The second kappa shape index (κ2) is 5.52. The number of hydrogen-bond donors (Lipinski definition) is 1. The van der Waals surface area contributed by atoms with Crippen LogP contribution in [0.25, 0.3) is 16.9 Å². The van der Waals surface area contributed by atoms with Crippen molar-refractivity contribution in [2.24, 2.45) is 5.14 Å². The van der Waals surface area contributed by atoms with E-state index in [4.69, 9.17) is 16.7 Å². The molecule has 5 nitrogen and oxygen atoms in total. The molecule has 0 saturated heterocycles. The molecule has 0 bridgehead atoms. The van der Waals surface area contributed by atoms with E-state index >= 15 is 0 Å². The summed E-state index contributed by atoms with van der Waals surface area (Å²) in [6.45, 7) is 0. The van der Waals surface area contributed by atoms with Crippen LogP contribution in [0, 0.1) is 11.6 Å². The quantitative estimate of drug-likeness (QED) is 0.644. The van der Waals surface area contributed by atoms with Crippen LogP contribution in [0.3, 0.4) is 0 Å². The molecule has 0 aliphatic rings. The van der Waals surface area contributed by atoms with Gasteiger partial charge in [-0.3, -0.25) is 4.40 Å². The molecule has 2 N–H and O–H groups in total. The zero-order valence-corrected chi connectivity index (χ0v) is 14.3. The first kappa shape index (κ1) is 16.3. The molecule has 0 unspecified atom stereocenters. The molecule has 1 aromatic carbocycles. The van der Waals surface area contributed by atoms with Crippen LogP contribution in [-0.2, 0) is 10.0 Å². The fourth-order valence-corrected chi connectivity index (χ4v) is 3.47. The van der Waals surface area contributed by atoms with E-state index in [0.717, 1.165) is 16.5 Å². The lowest BCUT2D eigenvalue weighted by molar-refractivity contribution is 0.590. The summed E-state index contributed by atoms with van der Waals surface area (Å²) in [6.07, 6.45) is 1.33. The van der Waals surface area contributed by atoms with Gasteiger partial charge in [0.25, 0.3) is 10.0 Å². The number of nitrogens with two attached hydrogens (primary N) is 1. The van der Waals surface area contributed by atoms with Crippen LogP contribution in [0.2, 0.25) is 5.02 Å². The van der Waals surface area contributed by atoms with Crippen molar-refractivity contribution in [1.82, 2.24) is 9.38 Å². The highest BCUT2D eigenvalue weighted by molar-refractivity contribution is 9.10. The summed E-state index contributed by atoms with van der Waals surface area (Å²) in [6, 6.07) is 4.53. The van der Waals surface area contributed by atoms with Gasteiger partial charge >= 0.3 is 0 Å². The van der Waals surface area contributed by atoms with E-state index in [0.29, 0.717) is 5.02 Å². The molecule has 0 saturated carbocycles. The standard InChI is InChI=1S/C13H7BrClF2N3O2S/c14-8-5-9(16)7(4-10(8)17)12-13(23(18,21)22)20-2-1-6(15)3-11(20)19-12/h1-5H,(H2,18,21,22). The Bertz CT molecular complexity index is 1050. The van der Waals surface area contributed by atoms with Crippen molar-refractivity contribution in [1.29, 1.82) is 0 Å². The summed E-state index contributed by atoms with van der Waals surface area (Å²) in [7, 11) is -4.26. The van der Waals surface area contributed by atoms with Gasteiger partial charge in [-0.05, 0) is 34.1 Å². The smallest absolute Gasteiger partial charge is 0.256 e. The van der Waals surface area contributed by atoms with Gasteiger partial charge in [0, 0.05) is 22.8 Å². The Labute approximate surface area is 142 Å². The van der Waals surface area contributed by atoms with E-state index in [1.165, 1.54) is 18.3 Å². The zero-order chi connectivity index (χ0) is 16.9. The van der Waals surface area contributed by atoms with E-state index < -0.39 is 26.7 Å². The van der Waals surface area contributed by atoms with Crippen LogP contribution in [-0.4, -0.2) is 17.8 Å². The van der Waals surface area contributed by atoms with Crippen molar-refractivity contribution >= 4 is 43.2 Å². The number of aromatic nitrogens is 2. The minimum absolute atomic E-state index is 0.0947. The van der Waals surface area contributed by atoms with E-state index in [9.17, 15) is 17.2 Å². The first-order valence-corrected chi connectivity index (χ1v) is 8.75. The van der Waals surface area contributed by atoms with Gasteiger partial charge < -0.3 is 0 Å². The van der Waals surface area contributed by atoms with Gasteiger partial charge in [-0.15, -0.1) is 0 Å². The number of sulfonamides is 1. The van der Waals surface area contributed by atoms with Crippen molar-refractivity contribution < 1.29 is 17.2 Å². The van der Waals surface area contributed by atoms with Gasteiger partial charge in [0.05, 0.1) is 4.47 Å². The minimum atomic E-state index is -4.26. The topological polar surface area (TPSA) is 77.5 Å². The molecule has 0 amide bonds. The predicted octanol–water partition coefficient (Wildman–Crippen LogP) is 3.34. The zero-order valence-electron chi connectivity index (χ0n) is 11.1. The first-order valence-electron chi connectivity index (χ1n) is 6.04. The molecule has 0 atom stereocenters. The van der Waals surface area contributed by atoms with E-state index in [-0.39, 0.29) is 21.4 Å². The number of imidazole rings is 1. The Balaban J connectivity index is 2.45. The Hall–Kier alpha value is -1.55. The summed E-state index contributed by atoms with van der Waals surface area (Å²) >= 11 is 8.70. The molecule has 0 aliphatic carbocycles. The number of fused-ring (bicyclic) bond motifs is 1. The van der Waals surface area contributed by atoms with Crippen molar-refractivity contribution in [3.63, 3.8) is 0 Å². The summed E-state index contributed by atoms with van der Waals surface area (Å²) in [5.74, 6) is -1.62. The summed E-state index contributed by atoms with van der Waals surface area (Å²) in [5.41, 5.74) is -0.479. The van der Waals surface area contributed by atoms with Crippen LogP contribution in [0.4, 0.5) is 8.78 Å². The molecule has 10 heteroatoms. The molecule has 0 radical (unpaired) electrons. The Morgan fingerprint density at radius 3 is 2.57 bits per heavy atom. The third-order valence-corrected chi connectivity index (χ3v) is 4.85. The minimum Gasteiger partial charge on any atom is -0.289 e. The van der Waals surface area contributed by atoms with Crippen LogP contribution >= 0.6 is 27.5 Å². The number of halogens is 4. The van der Waals surface area contributed by atoms with Crippen LogP contribution in [0.5, 0.6) is 0 Å². The van der Waals surface area contributed by atoms with Crippen LogP contribution in [0.15, 0.2) is 40.0 Å². The van der Waals surface area contributed by atoms with Crippen molar-refractivity contribution in [3.8, 4) is 11.3 Å². The van der Waals surface area contributed by atoms with Gasteiger partial charge in [0.1, 0.15) is 23.0 Å². The molecule has 2 heterocycles.